The lowest BCUT2D eigenvalue weighted by atomic mass is 10.1. The second-order valence-corrected chi connectivity index (χ2v) is 5.44. The highest BCUT2D eigenvalue weighted by Crippen LogP contribution is 2.24. The number of rotatable bonds is 4. The van der Waals surface area contributed by atoms with Crippen molar-refractivity contribution in [2.24, 2.45) is 0 Å². The van der Waals surface area contributed by atoms with Gasteiger partial charge in [-0.05, 0) is 37.3 Å². The molecular weight excluding hydrogens is 325 g/mol. The quantitative estimate of drug-likeness (QED) is 0.854. The molecule has 0 radical (unpaired) electrons. The van der Waals surface area contributed by atoms with Crippen molar-refractivity contribution in [1.82, 2.24) is 0 Å². The summed E-state index contributed by atoms with van der Waals surface area (Å²) in [4.78, 5) is 23.6. The Labute approximate surface area is 138 Å². The van der Waals surface area contributed by atoms with E-state index in [4.69, 9.17) is 27.9 Å². The summed E-state index contributed by atoms with van der Waals surface area (Å²) in [6, 6.07) is 11.6. The molecule has 0 aromatic heterocycles. The molecule has 0 bridgehead atoms. The molecule has 0 atom stereocenters. The second-order valence-electron chi connectivity index (χ2n) is 4.62. The van der Waals surface area contributed by atoms with Gasteiger partial charge in [-0.2, -0.15) is 0 Å². The molecule has 0 aliphatic heterocycles. The van der Waals surface area contributed by atoms with Gasteiger partial charge in [-0.1, -0.05) is 40.9 Å². The number of ether oxygens (including phenoxy) is 1. The summed E-state index contributed by atoms with van der Waals surface area (Å²) in [6.45, 7) is 1.49. The van der Waals surface area contributed by atoms with Crippen LogP contribution in [0.1, 0.15) is 15.9 Å². The number of aryl methyl sites for hydroxylation is 1. The third-order valence-corrected chi connectivity index (χ3v) is 3.53. The second kappa shape index (κ2) is 7.29. The van der Waals surface area contributed by atoms with Crippen molar-refractivity contribution >= 4 is 40.8 Å². The maximum Gasteiger partial charge on any atom is 0.338 e. The molecule has 2 rings (SSSR count). The summed E-state index contributed by atoms with van der Waals surface area (Å²) in [6.07, 6.45) is 0. The third-order valence-electron chi connectivity index (χ3n) is 2.79. The summed E-state index contributed by atoms with van der Waals surface area (Å²) in [7, 11) is 0. The van der Waals surface area contributed by atoms with E-state index in [1.165, 1.54) is 6.07 Å². The zero-order valence-electron chi connectivity index (χ0n) is 11.7. The van der Waals surface area contributed by atoms with Crippen molar-refractivity contribution in [3.63, 3.8) is 0 Å². The van der Waals surface area contributed by atoms with E-state index in [2.05, 4.69) is 5.32 Å². The molecule has 0 spiro atoms. The van der Waals surface area contributed by atoms with Crippen LogP contribution in [0, 0.1) is 6.92 Å². The number of anilines is 1. The Hall–Kier alpha value is -2.04. The Balaban J connectivity index is 1.90. The van der Waals surface area contributed by atoms with Crippen molar-refractivity contribution in [3.8, 4) is 0 Å². The Bertz CT molecular complexity index is 716. The van der Waals surface area contributed by atoms with E-state index in [1.54, 1.807) is 30.3 Å². The van der Waals surface area contributed by atoms with E-state index >= 15 is 0 Å². The van der Waals surface area contributed by atoms with Gasteiger partial charge in [0.05, 0.1) is 15.6 Å². The molecule has 4 nitrogen and oxygen atoms in total. The van der Waals surface area contributed by atoms with Gasteiger partial charge >= 0.3 is 5.97 Å². The van der Waals surface area contributed by atoms with Crippen LogP contribution in [-0.2, 0) is 9.53 Å². The smallest absolute Gasteiger partial charge is 0.338 e. The Morgan fingerprint density at radius 2 is 1.86 bits per heavy atom. The highest BCUT2D eigenvalue weighted by atomic mass is 35.5. The predicted molar refractivity (Wildman–Crippen MR) is 86.6 cm³/mol. The Morgan fingerprint density at radius 3 is 2.55 bits per heavy atom. The molecule has 6 heteroatoms. The SMILES string of the molecule is Cc1cccc(C(=O)OCC(=O)Nc2ccc(Cl)c(Cl)c2)c1. The van der Waals surface area contributed by atoms with Gasteiger partial charge in [0.1, 0.15) is 0 Å². The van der Waals surface area contributed by atoms with Crippen LogP contribution in [0.25, 0.3) is 0 Å². The van der Waals surface area contributed by atoms with E-state index in [0.717, 1.165) is 5.56 Å². The molecule has 0 fully saturated rings. The molecule has 0 saturated heterocycles. The van der Waals surface area contributed by atoms with Gasteiger partial charge in [-0.15, -0.1) is 0 Å². The lowest BCUT2D eigenvalue weighted by molar-refractivity contribution is -0.119. The van der Waals surface area contributed by atoms with Crippen LogP contribution in [0.5, 0.6) is 0 Å². The van der Waals surface area contributed by atoms with Gasteiger partial charge in [0.2, 0.25) is 0 Å². The molecule has 2 aromatic rings. The van der Waals surface area contributed by atoms with Crippen molar-refractivity contribution in [3.05, 3.63) is 63.6 Å². The third kappa shape index (κ3) is 4.48. The van der Waals surface area contributed by atoms with Crippen molar-refractivity contribution < 1.29 is 14.3 Å². The van der Waals surface area contributed by atoms with E-state index in [1.807, 2.05) is 13.0 Å². The molecule has 2 aromatic carbocycles. The van der Waals surface area contributed by atoms with E-state index < -0.39 is 11.9 Å². The summed E-state index contributed by atoms with van der Waals surface area (Å²) >= 11 is 11.6. The zero-order chi connectivity index (χ0) is 16.1. The topological polar surface area (TPSA) is 55.4 Å². The van der Waals surface area contributed by atoms with E-state index in [0.29, 0.717) is 21.3 Å². The highest BCUT2D eigenvalue weighted by Gasteiger charge is 2.11. The molecule has 1 N–H and O–H groups in total. The fourth-order valence-corrected chi connectivity index (χ4v) is 2.06. The number of benzene rings is 2. The van der Waals surface area contributed by atoms with Crippen LogP contribution in [0.2, 0.25) is 10.0 Å². The summed E-state index contributed by atoms with van der Waals surface area (Å²) in [5, 5.41) is 3.29. The van der Waals surface area contributed by atoms with Gasteiger partial charge in [-0.3, -0.25) is 4.79 Å². The number of carbonyl (C=O) groups excluding carboxylic acids is 2. The first-order chi connectivity index (χ1) is 10.5. The number of hydrogen-bond donors (Lipinski definition) is 1. The molecule has 0 unspecified atom stereocenters. The summed E-state index contributed by atoms with van der Waals surface area (Å²) in [5.74, 6) is -1.01. The first kappa shape index (κ1) is 16.3. The zero-order valence-corrected chi connectivity index (χ0v) is 13.2. The van der Waals surface area contributed by atoms with Gasteiger partial charge < -0.3 is 10.1 Å². The van der Waals surface area contributed by atoms with Crippen LogP contribution < -0.4 is 5.32 Å². The van der Waals surface area contributed by atoms with Crippen LogP contribution in [-0.4, -0.2) is 18.5 Å². The fraction of sp³-hybridized carbons (Fsp3) is 0.125. The Kier molecular flexibility index (Phi) is 5.41. The molecule has 22 heavy (non-hydrogen) atoms. The average Bonchev–Trinajstić information content (AvgIpc) is 2.48. The lowest BCUT2D eigenvalue weighted by Crippen LogP contribution is -2.20. The molecule has 0 aliphatic rings. The van der Waals surface area contributed by atoms with Crippen molar-refractivity contribution in [1.29, 1.82) is 0 Å². The first-order valence-electron chi connectivity index (χ1n) is 6.44. The van der Waals surface area contributed by atoms with Crippen molar-refractivity contribution in [2.75, 3.05) is 11.9 Å². The first-order valence-corrected chi connectivity index (χ1v) is 7.20. The van der Waals surface area contributed by atoms with Crippen molar-refractivity contribution in [2.45, 2.75) is 6.92 Å². The standard InChI is InChI=1S/C16H13Cl2NO3/c1-10-3-2-4-11(7-10)16(21)22-9-15(20)19-12-5-6-13(17)14(18)8-12/h2-8H,9H2,1H3,(H,19,20). The monoisotopic (exact) mass is 337 g/mol. The fourth-order valence-electron chi connectivity index (χ4n) is 1.76. The highest BCUT2D eigenvalue weighted by molar-refractivity contribution is 6.42. The average molecular weight is 338 g/mol. The number of halogens is 2. The lowest BCUT2D eigenvalue weighted by Gasteiger charge is -2.07. The summed E-state index contributed by atoms with van der Waals surface area (Å²) in [5.41, 5.74) is 1.82. The van der Waals surface area contributed by atoms with Crippen LogP contribution in [0.4, 0.5) is 5.69 Å². The molecular formula is C16H13Cl2NO3. The normalized spacial score (nSPS) is 10.1. The summed E-state index contributed by atoms with van der Waals surface area (Å²) < 4.78 is 4.96. The minimum Gasteiger partial charge on any atom is -0.452 e. The van der Waals surface area contributed by atoms with Crippen LogP contribution in [0.3, 0.4) is 0 Å². The van der Waals surface area contributed by atoms with Crippen LogP contribution >= 0.6 is 23.2 Å². The molecule has 0 heterocycles. The minimum atomic E-state index is -0.548. The predicted octanol–water partition coefficient (Wildman–Crippen LogP) is 4.10. The number of nitrogens with one attached hydrogen (secondary N) is 1. The molecule has 0 saturated carbocycles. The largest absolute Gasteiger partial charge is 0.452 e. The number of esters is 1. The van der Waals surface area contributed by atoms with Crippen LogP contribution in [0.15, 0.2) is 42.5 Å². The number of amides is 1. The maximum atomic E-state index is 11.8. The molecule has 114 valence electrons. The number of carbonyl (C=O) groups is 2. The van der Waals surface area contributed by atoms with Gasteiger partial charge in [0, 0.05) is 5.69 Å². The van der Waals surface area contributed by atoms with E-state index in [-0.39, 0.29) is 6.61 Å². The van der Waals surface area contributed by atoms with Gasteiger partial charge in [0.15, 0.2) is 6.61 Å². The maximum absolute atomic E-state index is 11.8. The van der Waals surface area contributed by atoms with E-state index in [9.17, 15) is 9.59 Å². The Morgan fingerprint density at radius 1 is 1.09 bits per heavy atom. The minimum absolute atomic E-state index is 0.330. The molecule has 0 aliphatic carbocycles. The molecule has 1 amide bonds. The van der Waals surface area contributed by atoms with Gasteiger partial charge in [0.25, 0.3) is 5.91 Å². The van der Waals surface area contributed by atoms with Gasteiger partial charge in [-0.25, -0.2) is 4.79 Å². The number of hydrogen-bond acceptors (Lipinski definition) is 3.